The van der Waals surface area contributed by atoms with E-state index in [0.717, 1.165) is 24.8 Å². The number of nitrogens with zero attached hydrogens (tertiary/aromatic N) is 1. The average Bonchev–Trinajstić information content (AvgIpc) is 2.89. The van der Waals surface area contributed by atoms with Crippen molar-refractivity contribution in [2.75, 3.05) is 6.54 Å². The lowest BCUT2D eigenvalue weighted by Gasteiger charge is -2.28. The van der Waals surface area contributed by atoms with Gasteiger partial charge in [-0.05, 0) is 38.4 Å². The molecule has 3 nitrogen and oxygen atoms in total. The highest BCUT2D eigenvalue weighted by molar-refractivity contribution is 5.57. The lowest BCUT2D eigenvalue weighted by Crippen LogP contribution is -2.34. The van der Waals surface area contributed by atoms with Crippen LogP contribution in [-0.4, -0.2) is 28.9 Å². The smallest absolute Gasteiger partial charge is 0.136 e. The first-order valence-electron chi connectivity index (χ1n) is 6.38. The highest BCUT2D eigenvalue weighted by Gasteiger charge is 2.31. The molecule has 0 amide bonds. The molecule has 19 heavy (non-hydrogen) atoms. The Morgan fingerprint density at radius 3 is 2.84 bits per heavy atom. The van der Waals surface area contributed by atoms with Crippen LogP contribution in [0.3, 0.4) is 0 Å². The Hall–Kier alpha value is -1.33. The number of benzene rings is 1. The van der Waals surface area contributed by atoms with Crippen molar-refractivity contribution in [3.63, 3.8) is 0 Å². The summed E-state index contributed by atoms with van der Waals surface area (Å²) in [5.41, 5.74) is 0.218. The molecule has 0 bridgehead atoms. The highest BCUT2D eigenvalue weighted by Crippen LogP contribution is 2.35. The van der Waals surface area contributed by atoms with Crippen molar-refractivity contribution in [1.82, 2.24) is 4.90 Å². The second-order valence-corrected chi connectivity index (χ2v) is 4.90. The van der Waals surface area contributed by atoms with Crippen LogP contribution < -0.4 is 0 Å². The molecule has 0 radical (unpaired) electrons. The van der Waals surface area contributed by atoms with Crippen LogP contribution in [0.25, 0.3) is 0 Å². The van der Waals surface area contributed by atoms with Gasteiger partial charge >= 0.3 is 0 Å². The number of aliphatic hydroxyl groups is 1. The first-order valence-corrected chi connectivity index (χ1v) is 6.38. The van der Waals surface area contributed by atoms with Gasteiger partial charge in [0, 0.05) is 17.2 Å². The zero-order chi connectivity index (χ0) is 14.0. The monoisotopic (exact) mass is 269 g/mol. The van der Waals surface area contributed by atoms with Gasteiger partial charge in [-0.1, -0.05) is 0 Å². The van der Waals surface area contributed by atoms with Gasteiger partial charge in [0.15, 0.2) is 0 Å². The van der Waals surface area contributed by atoms with Crippen LogP contribution in [0.1, 0.15) is 36.9 Å². The Labute approximate surface area is 110 Å². The van der Waals surface area contributed by atoms with Crippen LogP contribution in [0.2, 0.25) is 0 Å². The summed E-state index contributed by atoms with van der Waals surface area (Å²) < 4.78 is 27.7. The zero-order valence-corrected chi connectivity index (χ0v) is 10.8. The zero-order valence-electron chi connectivity index (χ0n) is 10.8. The van der Waals surface area contributed by atoms with E-state index in [9.17, 15) is 13.6 Å². The van der Waals surface area contributed by atoms with Gasteiger partial charge in [-0.3, -0.25) is 4.90 Å². The third-order valence-electron chi connectivity index (χ3n) is 3.71. The van der Waals surface area contributed by atoms with Crippen molar-refractivity contribution in [1.29, 1.82) is 0 Å². The minimum absolute atomic E-state index is 0.0470. The van der Waals surface area contributed by atoms with E-state index in [1.54, 1.807) is 6.92 Å². The van der Waals surface area contributed by atoms with E-state index in [2.05, 4.69) is 0 Å². The van der Waals surface area contributed by atoms with E-state index in [1.807, 2.05) is 4.90 Å². The number of aldehydes is 1. The minimum Gasteiger partial charge on any atom is -0.392 e. The number of likely N-dealkylation sites (tertiary alicyclic amines) is 1. The molecule has 0 saturated carbocycles. The van der Waals surface area contributed by atoms with Gasteiger partial charge in [0.2, 0.25) is 0 Å². The molecular weight excluding hydrogens is 252 g/mol. The fourth-order valence-corrected chi connectivity index (χ4v) is 2.67. The summed E-state index contributed by atoms with van der Waals surface area (Å²) in [4.78, 5) is 12.8. The standard InChI is InChI=1S/C14H17F2NO2/c1-9(7-18)17-4-2-3-14(17)11-6-12(15)10(8-19)5-13(11)16/h5-7,9,14,19H,2-4,8H2,1H3. The van der Waals surface area contributed by atoms with Gasteiger partial charge in [-0.25, -0.2) is 8.78 Å². The second kappa shape index (κ2) is 5.75. The number of halogens is 2. The maximum Gasteiger partial charge on any atom is 0.136 e. The first kappa shape index (κ1) is 14.1. The molecule has 1 aromatic rings. The molecule has 1 N–H and O–H groups in total. The highest BCUT2D eigenvalue weighted by atomic mass is 19.1. The van der Waals surface area contributed by atoms with Crippen LogP contribution in [0.4, 0.5) is 8.78 Å². The van der Waals surface area contributed by atoms with Gasteiger partial charge in [0.25, 0.3) is 0 Å². The van der Waals surface area contributed by atoms with Crippen molar-refractivity contribution in [3.8, 4) is 0 Å². The Morgan fingerprint density at radius 2 is 2.21 bits per heavy atom. The maximum atomic E-state index is 14.0. The Balaban J connectivity index is 2.35. The second-order valence-electron chi connectivity index (χ2n) is 4.90. The molecule has 0 spiro atoms. The summed E-state index contributed by atoms with van der Waals surface area (Å²) in [5.74, 6) is -1.13. The third kappa shape index (κ3) is 2.67. The van der Waals surface area contributed by atoms with Gasteiger partial charge in [-0.2, -0.15) is 0 Å². The fourth-order valence-electron chi connectivity index (χ4n) is 2.67. The van der Waals surface area contributed by atoms with E-state index >= 15 is 0 Å². The van der Waals surface area contributed by atoms with E-state index < -0.39 is 18.2 Å². The van der Waals surface area contributed by atoms with Gasteiger partial charge in [0.1, 0.15) is 17.9 Å². The summed E-state index contributed by atoms with van der Waals surface area (Å²) in [6.07, 6.45) is 2.37. The number of aliphatic hydroxyl groups excluding tert-OH is 1. The lowest BCUT2D eigenvalue weighted by atomic mass is 10.0. The summed E-state index contributed by atoms with van der Waals surface area (Å²) in [7, 11) is 0. The molecule has 1 saturated heterocycles. The van der Waals surface area contributed by atoms with Gasteiger partial charge in [-0.15, -0.1) is 0 Å². The first-order chi connectivity index (χ1) is 9.08. The Bertz CT molecular complexity index is 479. The minimum atomic E-state index is -0.607. The molecule has 2 atom stereocenters. The van der Waals surface area contributed by atoms with Crippen LogP contribution in [0.5, 0.6) is 0 Å². The molecule has 1 aromatic carbocycles. The third-order valence-corrected chi connectivity index (χ3v) is 3.71. The quantitative estimate of drug-likeness (QED) is 0.852. The predicted molar refractivity (Wildman–Crippen MR) is 66.5 cm³/mol. The lowest BCUT2D eigenvalue weighted by molar-refractivity contribution is -0.112. The Kier molecular flexibility index (Phi) is 4.27. The number of carbonyl (C=O) groups excluding carboxylic acids is 1. The number of carbonyl (C=O) groups is 1. The molecule has 0 aromatic heterocycles. The van der Waals surface area contributed by atoms with E-state index in [0.29, 0.717) is 13.0 Å². The molecule has 1 heterocycles. The van der Waals surface area contributed by atoms with Gasteiger partial charge in [0.05, 0.1) is 12.6 Å². The fraction of sp³-hybridized carbons (Fsp3) is 0.500. The Morgan fingerprint density at radius 1 is 1.47 bits per heavy atom. The molecule has 2 rings (SSSR count). The molecule has 1 aliphatic rings. The SMILES string of the molecule is CC(C=O)N1CCCC1c1cc(F)c(CO)cc1F. The maximum absolute atomic E-state index is 14.0. The number of rotatable bonds is 4. The van der Waals surface area contributed by atoms with E-state index in [4.69, 9.17) is 5.11 Å². The van der Waals surface area contributed by atoms with Crippen LogP contribution in [-0.2, 0) is 11.4 Å². The van der Waals surface area contributed by atoms with E-state index in [1.165, 1.54) is 0 Å². The van der Waals surface area contributed by atoms with E-state index in [-0.39, 0.29) is 23.2 Å². The molecular formula is C14H17F2NO2. The van der Waals surface area contributed by atoms with Crippen LogP contribution in [0.15, 0.2) is 12.1 Å². The molecule has 2 unspecified atom stereocenters. The molecule has 0 aliphatic carbocycles. The average molecular weight is 269 g/mol. The summed E-state index contributed by atoms with van der Waals surface area (Å²) >= 11 is 0. The van der Waals surface area contributed by atoms with Crippen molar-refractivity contribution in [2.45, 2.75) is 38.5 Å². The number of hydrogen-bond acceptors (Lipinski definition) is 3. The molecule has 1 aliphatic heterocycles. The molecule has 104 valence electrons. The van der Waals surface area contributed by atoms with Crippen molar-refractivity contribution in [2.24, 2.45) is 0 Å². The topological polar surface area (TPSA) is 40.5 Å². The van der Waals surface area contributed by atoms with Crippen molar-refractivity contribution < 1.29 is 18.7 Å². The van der Waals surface area contributed by atoms with Crippen LogP contribution in [0, 0.1) is 11.6 Å². The largest absolute Gasteiger partial charge is 0.392 e. The summed E-state index contributed by atoms with van der Waals surface area (Å²) in [6.45, 7) is 1.93. The van der Waals surface area contributed by atoms with Crippen LogP contribution >= 0.6 is 0 Å². The van der Waals surface area contributed by atoms with Gasteiger partial charge < -0.3 is 9.90 Å². The normalized spacial score (nSPS) is 21.6. The number of hydrogen-bond donors (Lipinski definition) is 1. The summed E-state index contributed by atoms with van der Waals surface area (Å²) in [6, 6.07) is 1.59. The van der Waals surface area contributed by atoms with Crippen molar-refractivity contribution in [3.05, 3.63) is 34.9 Å². The summed E-state index contributed by atoms with van der Waals surface area (Å²) in [5, 5.41) is 8.91. The molecule has 1 fully saturated rings. The predicted octanol–water partition coefficient (Wildman–Crippen LogP) is 2.18. The molecule has 5 heteroatoms. The van der Waals surface area contributed by atoms with Crippen molar-refractivity contribution >= 4 is 6.29 Å².